The lowest BCUT2D eigenvalue weighted by atomic mass is 10.0. The number of carbonyl (C=O) groups excluding carboxylic acids is 1. The molecule has 0 fully saturated rings. The molecule has 7 nitrogen and oxygen atoms in total. The SMILES string of the molecule is Cc1sc2ncn(NC(=O)C(C)Oc3ccc(C#N)cc3)c(=O)c2c1-c1ccccc1. The van der Waals surface area contributed by atoms with E-state index in [-0.39, 0.29) is 5.56 Å². The first kappa shape index (κ1) is 20.3. The summed E-state index contributed by atoms with van der Waals surface area (Å²) in [4.78, 5) is 31.7. The summed E-state index contributed by atoms with van der Waals surface area (Å²) < 4.78 is 6.70. The molecule has 8 heteroatoms. The summed E-state index contributed by atoms with van der Waals surface area (Å²) in [5, 5.41) is 9.33. The summed E-state index contributed by atoms with van der Waals surface area (Å²) in [5.41, 5.74) is 4.45. The fourth-order valence-corrected chi connectivity index (χ4v) is 4.21. The van der Waals surface area contributed by atoms with Gasteiger partial charge in [-0.25, -0.2) is 9.66 Å². The number of aryl methyl sites for hydroxylation is 1. The highest BCUT2D eigenvalue weighted by molar-refractivity contribution is 7.19. The van der Waals surface area contributed by atoms with E-state index in [0.29, 0.717) is 21.5 Å². The van der Waals surface area contributed by atoms with Gasteiger partial charge in [-0.05, 0) is 43.7 Å². The molecule has 4 rings (SSSR count). The van der Waals surface area contributed by atoms with Gasteiger partial charge in [0.15, 0.2) is 6.10 Å². The molecule has 1 unspecified atom stereocenters. The Kier molecular flexibility index (Phi) is 5.52. The molecule has 0 aliphatic heterocycles. The normalized spacial score (nSPS) is 11.6. The number of hydrogen-bond acceptors (Lipinski definition) is 6. The highest BCUT2D eigenvalue weighted by Gasteiger charge is 2.20. The number of fused-ring (bicyclic) bond motifs is 1. The fraction of sp³-hybridized carbons (Fsp3) is 0.130. The first-order valence-corrected chi connectivity index (χ1v) is 10.3. The molecule has 2 aromatic heterocycles. The van der Waals surface area contributed by atoms with Crippen molar-refractivity contribution in [2.75, 3.05) is 5.43 Å². The van der Waals surface area contributed by atoms with Crippen LogP contribution in [-0.4, -0.2) is 21.7 Å². The average Bonchev–Trinajstić information content (AvgIpc) is 3.13. The molecule has 4 aromatic rings. The van der Waals surface area contributed by atoms with E-state index in [2.05, 4.69) is 10.4 Å². The van der Waals surface area contributed by atoms with E-state index < -0.39 is 12.0 Å². The van der Waals surface area contributed by atoms with Crippen molar-refractivity contribution in [3.05, 3.63) is 81.7 Å². The van der Waals surface area contributed by atoms with Crippen molar-refractivity contribution in [3.63, 3.8) is 0 Å². The van der Waals surface area contributed by atoms with Gasteiger partial charge in [-0.15, -0.1) is 11.3 Å². The Hall–Kier alpha value is -3.96. The maximum Gasteiger partial charge on any atom is 0.281 e. The molecule has 2 aromatic carbocycles. The standard InChI is InChI=1S/C23H18N4O3S/c1-14(30-18-10-8-16(12-24)9-11-18)21(28)26-27-13-25-22-20(23(27)29)19(15(2)31-22)17-6-4-3-5-7-17/h3-11,13-14H,1-2H3,(H,26,28). The summed E-state index contributed by atoms with van der Waals surface area (Å²) in [6, 6.07) is 18.1. The summed E-state index contributed by atoms with van der Waals surface area (Å²) in [6.07, 6.45) is 0.440. The Labute approximate surface area is 182 Å². The van der Waals surface area contributed by atoms with E-state index in [0.717, 1.165) is 20.7 Å². The van der Waals surface area contributed by atoms with Crippen LogP contribution in [0, 0.1) is 18.3 Å². The molecule has 1 amide bonds. The number of carbonyl (C=O) groups is 1. The van der Waals surface area contributed by atoms with Crippen LogP contribution in [0.5, 0.6) is 5.75 Å². The third kappa shape index (κ3) is 4.04. The first-order valence-electron chi connectivity index (χ1n) is 9.52. The zero-order valence-corrected chi connectivity index (χ0v) is 17.6. The largest absolute Gasteiger partial charge is 0.481 e. The van der Waals surface area contributed by atoms with Crippen molar-refractivity contribution < 1.29 is 9.53 Å². The summed E-state index contributed by atoms with van der Waals surface area (Å²) in [7, 11) is 0. The van der Waals surface area contributed by atoms with Gasteiger partial charge in [-0.1, -0.05) is 30.3 Å². The molecular weight excluding hydrogens is 412 g/mol. The third-order valence-corrected chi connectivity index (χ3v) is 5.76. The third-order valence-electron chi connectivity index (χ3n) is 4.75. The van der Waals surface area contributed by atoms with Gasteiger partial charge >= 0.3 is 0 Å². The van der Waals surface area contributed by atoms with Crippen molar-refractivity contribution >= 4 is 27.5 Å². The molecule has 0 bridgehead atoms. The number of nitrogens with one attached hydrogen (secondary N) is 1. The average molecular weight is 430 g/mol. The van der Waals surface area contributed by atoms with E-state index in [1.807, 2.05) is 43.3 Å². The van der Waals surface area contributed by atoms with Gasteiger partial charge in [0.1, 0.15) is 16.9 Å². The minimum absolute atomic E-state index is 0.355. The quantitative estimate of drug-likeness (QED) is 0.519. The van der Waals surface area contributed by atoms with Crippen LogP contribution in [0.15, 0.2) is 65.7 Å². The fourth-order valence-electron chi connectivity index (χ4n) is 3.21. The van der Waals surface area contributed by atoms with Crippen LogP contribution in [-0.2, 0) is 4.79 Å². The molecule has 0 aliphatic carbocycles. The summed E-state index contributed by atoms with van der Waals surface area (Å²) in [6.45, 7) is 3.53. The number of hydrogen-bond donors (Lipinski definition) is 1. The number of aromatic nitrogens is 2. The number of nitriles is 1. The lowest BCUT2D eigenvalue weighted by molar-refractivity contribution is -0.123. The predicted octanol–water partition coefficient (Wildman–Crippen LogP) is 3.84. The number of rotatable bonds is 5. The number of ether oxygens (including phenoxy) is 1. The van der Waals surface area contributed by atoms with Crippen molar-refractivity contribution in [2.24, 2.45) is 0 Å². The zero-order chi connectivity index (χ0) is 22.0. The molecule has 0 radical (unpaired) electrons. The van der Waals surface area contributed by atoms with E-state index in [9.17, 15) is 9.59 Å². The highest BCUT2D eigenvalue weighted by Crippen LogP contribution is 2.35. The molecule has 2 heterocycles. The Morgan fingerprint density at radius 2 is 1.90 bits per heavy atom. The van der Waals surface area contributed by atoms with E-state index in [1.165, 1.54) is 17.7 Å². The van der Waals surface area contributed by atoms with Crippen molar-refractivity contribution in [1.29, 1.82) is 5.26 Å². The Balaban J connectivity index is 1.61. The van der Waals surface area contributed by atoms with Gasteiger partial charge < -0.3 is 4.74 Å². The molecular formula is C23H18N4O3S. The van der Waals surface area contributed by atoms with Crippen molar-refractivity contribution in [3.8, 4) is 22.9 Å². The van der Waals surface area contributed by atoms with E-state index in [1.54, 1.807) is 31.2 Å². The predicted molar refractivity (Wildman–Crippen MR) is 120 cm³/mol. The molecule has 0 spiro atoms. The number of nitrogens with zero attached hydrogens (tertiary/aromatic N) is 3. The second kappa shape index (κ2) is 8.42. The van der Waals surface area contributed by atoms with Gasteiger partial charge in [0.2, 0.25) is 0 Å². The van der Waals surface area contributed by atoms with Crippen molar-refractivity contribution in [2.45, 2.75) is 20.0 Å². The zero-order valence-electron chi connectivity index (χ0n) is 16.8. The molecule has 0 saturated heterocycles. The summed E-state index contributed by atoms with van der Waals surface area (Å²) >= 11 is 1.44. The number of thiophene rings is 1. The Morgan fingerprint density at radius 1 is 1.19 bits per heavy atom. The second-order valence-electron chi connectivity index (χ2n) is 6.87. The topological polar surface area (TPSA) is 97.0 Å². The minimum atomic E-state index is -0.867. The molecule has 1 N–H and O–H groups in total. The van der Waals surface area contributed by atoms with Crippen LogP contribution in [0.1, 0.15) is 17.4 Å². The number of benzene rings is 2. The minimum Gasteiger partial charge on any atom is -0.481 e. The van der Waals surface area contributed by atoms with Crippen LogP contribution >= 0.6 is 11.3 Å². The maximum absolute atomic E-state index is 13.2. The van der Waals surface area contributed by atoms with Crippen LogP contribution in [0.25, 0.3) is 21.3 Å². The summed E-state index contributed by atoms with van der Waals surface area (Å²) in [5.74, 6) is -0.0526. The van der Waals surface area contributed by atoms with Gasteiger partial charge in [-0.3, -0.25) is 15.0 Å². The number of amides is 1. The Bertz CT molecular complexity index is 1350. The van der Waals surface area contributed by atoms with Crippen LogP contribution in [0.3, 0.4) is 0 Å². The molecule has 31 heavy (non-hydrogen) atoms. The van der Waals surface area contributed by atoms with Gasteiger partial charge in [-0.2, -0.15) is 5.26 Å². The first-order chi connectivity index (χ1) is 15.0. The second-order valence-corrected chi connectivity index (χ2v) is 8.07. The molecule has 0 aliphatic rings. The lowest BCUT2D eigenvalue weighted by Gasteiger charge is -2.15. The van der Waals surface area contributed by atoms with E-state index >= 15 is 0 Å². The molecule has 154 valence electrons. The van der Waals surface area contributed by atoms with Gasteiger partial charge in [0, 0.05) is 10.4 Å². The Morgan fingerprint density at radius 3 is 2.58 bits per heavy atom. The lowest BCUT2D eigenvalue weighted by Crippen LogP contribution is -2.39. The molecule has 0 saturated carbocycles. The van der Waals surface area contributed by atoms with Crippen LogP contribution in [0.4, 0.5) is 0 Å². The smallest absolute Gasteiger partial charge is 0.281 e. The van der Waals surface area contributed by atoms with Crippen molar-refractivity contribution in [1.82, 2.24) is 9.66 Å². The monoisotopic (exact) mass is 430 g/mol. The van der Waals surface area contributed by atoms with Gasteiger partial charge in [0.05, 0.1) is 17.0 Å². The van der Waals surface area contributed by atoms with Crippen LogP contribution < -0.4 is 15.7 Å². The molecule has 1 atom stereocenters. The van der Waals surface area contributed by atoms with Crippen LogP contribution in [0.2, 0.25) is 0 Å². The van der Waals surface area contributed by atoms with E-state index in [4.69, 9.17) is 10.00 Å². The maximum atomic E-state index is 13.2. The highest BCUT2D eigenvalue weighted by atomic mass is 32.1. The van der Waals surface area contributed by atoms with Gasteiger partial charge in [0.25, 0.3) is 11.5 Å².